The Morgan fingerprint density at radius 2 is 0.889 bits per heavy atom. The van der Waals surface area contributed by atoms with E-state index in [2.05, 4.69) is 84.9 Å². The van der Waals surface area contributed by atoms with Crippen molar-refractivity contribution in [2.75, 3.05) is 0 Å². The number of fused-ring (bicyclic) bond motifs is 3. The molecule has 8 aromatic rings. The Morgan fingerprint density at radius 1 is 0.356 bits per heavy atom. The fourth-order valence-corrected chi connectivity index (χ4v) is 5.99. The van der Waals surface area contributed by atoms with E-state index >= 15 is 0 Å². The van der Waals surface area contributed by atoms with E-state index in [1.165, 1.54) is 21.5 Å². The molecule has 0 bridgehead atoms. The monoisotopic (exact) mass is 576 g/mol. The van der Waals surface area contributed by atoms with Crippen LogP contribution in [0.3, 0.4) is 0 Å². The molecule has 212 valence electrons. The molecule has 0 amide bonds. The van der Waals surface area contributed by atoms with Gasteiger partial charge in [0, 0.05) is 27.9 Å². The Labute approximate surface area is 261 Å². The molecule has 0 spiro atoms. The van der Waals surface area contributed by atoms with Crippen LogP contribution >= 0.6 is 0 Å². The number of aryl methyl sites for hydroxylation is 1. The van der Waals surface area contributed by atoms with Gasteiger partial charge in [0.1, 0.15) is 0 Å². The molecule has 4 nitrogen and oxygen atoms in total. The van der Waals surface area contributed by atoms with Crippen molar-refractivity contribution in [1.29, 1.82) is 0 Å². The summed E-state index contributed by atoms with van der Waals surface area (Å²) < 4.78 is 0. The summed E-state index contributed by atoms with van der Waals surface area (Å²) in [5, 5.41) is 4.86. The Hall–Kier alpha value is -6.00. The highest BCUT2D eigenvalue weighted by atomic mass is 15.0. The van der Waals surface area contributed by atoms with Crippen molar-refractivity contribution in [2.45, 2.75) is 6.92 Å². The molecule has 8 rings (SSSR count). The summed E-state index contributed by atoms with van der Waals surface area (Å²) in [6, 6.07) is 52.4. The van der Waals surface area contributed by atoms with Crippen LogP contribution in [0, 0.1) is 6.92 Å². The van der Waals surface area contributed by atoms with Crippen molar-refractivity contribution in [1.82, 2.24) is 19.9 Å². The molecular weight excluding hydrogens is 548 g/mol. The Bertz CT molecular complexity index is 2270. The number of pyridine rings is 1. The molecular formula is C41H28N4. The van der Waals surface area contributed by atoms with Crippen LogP contribution in [0.25, 0.3) is 78.1 Å². The van der Waals surface area contributed by atoms with Gasteiger partial charge in [0.05, 0.1) is 5.69 Å². The highest BCUT2D eigenvalue weighted by Gasteiger charge is 2.16. The van der Waals surface area contributed by atoms with E-state index < -0.39 is 0 Å². The minimum atomic E-state index is 0.614. The zero-order chi connectivity index (χ0) is 30.2. The number of nitrogens with zero attached hydrogens (tertiary/aromatic N) is 4. The molecule has 2 aromatic heterocycles. The highest BCUT2D eigenvalue weighted by molar-refractivity contribution is 6.14. The average molecular weight is 577 g/mol. The van der Waals surface area contributed by atoms with Gasteiger partial charge in [-0.25, -0.2) is 15.0 Å². The lowest BCUT2D eigenvalue weighted by Crippen LogP contribution is -2.00. The van der Waals surface area contributed by atoms with Crippen molar-refractivity contribution in [3.8, 4) is 56.5 Å². The van der Waals surface area contributed by atoms with E-state index in [4.69, 9.17) is 19.9 Å². The number of benzene rings is 6. The van der Waals surface area contributed by atoms with Crippen LogP contribution in [0.5, 0.6) is 0 Å². The lowest BCUT2D eigenvalue weighted by Gasteiger charge is -2.15. The standard InChI is InChI=1S/C41H28N4/c1-27-13-12-22-38(42-27)32-23-31(37-26-30-18-8-9-19-34(30)35-20-10-11-21-36(35)37)24-33(25-32)41-44-39(28-14-4-2-5-15-28)43-40(45-41)29-16-6-3-7-17-29/h2-26H,1H3. The van der Waals surface area contributed by atoms with Gasteiger partial charge in [0.25, 0.3) is 0 Å². The maximum absolute atomic E-state index is 5.06. The molecule has 0 unspecified atom stereocenters. The van der Waals surface area contributed by atoms with Crippen LogP contribution in [0.15, 0.2) is 152 Å². The molecule has 0 N–H and O–H groups in total. The zero-order valence-corrected chi connectivity index (χ0v) is 24.7. The first-order chi connectivity index (χ1) is 22.2. The van der Waals surface area contributed by atoms with Gasteiger partial charge in [-0.2, -0.15) is 0 Å². The molecule has 0 saturated heterocycles. The third-order valence-corrected chi connectivity index (χ3v) is 8.15. The number of hydrogen-bond donors (Lipinski definition) is 0. The Kier molecular flexibility index (Phi) is 6.65. The fourth-order valence-electron chi connectivity index (χ4n) is 5.99. The average Bonchev–Trinajstić information content (AvgIpc) is 3.11. The number of rotatable bonds is 5. The van der Waals surface area contributed by atoms with E-state index in [1.807, 2.05) is 73.7 Å². The van der Waals surface area contributed by atoms with E-state index in [0.717, 1.165) is 44.8 Å². The summed E-state index contributed by atoms with van der Waals surface area (Å²) in [6.45, 7) is 2.02. The zero-order valence-electron chi connectivity index (χ0n) is 24.7. The predicted octanol–water partition coefficient (Wildman–Crippen LogP) is 10.2. The molecule has 0 radical (unpaired) electrons. The third kappa shape index (κ3) is 5.13. The summed E-state index contributed by atoms with van der Waals surface area (Å²) in [5.74, 6) is 1.89. The summed E-state index contributed by atoms with van der Waals surface area (Å²) in [6.07, 6.45) is 0. The first-order valence-corrected chi connectivity index (χ1v) is 15.1. The van der Waals surface area contributed by atoms with Gasteiger partial charge in [0.15, 0.2) is 17.5 Å². The molecule has 6 aromatic carbocycles. The second kappa shape index (κ2) is 11.3. The van der Waals surface area contributed by atoms with Crippen molar-refractivity contribution in [3.63, 3.8) is 0 Å². The Morgan fingerprint density at radius 3 is 1.56 bits per heavy atom. The van der Waals surface area contributed by atoms with E-state index in [9.17, 15) is 0 Å². The molecule has 0 saturated carbocycles. The second-order valence-electron chi connectivity index (χ2n) is 11.2. The molecule has 0 aliphatic rings. The Balaban J connectivity index is 1.41. The van der Waals surface area contributed by atoms with Crippen molar-refractivity contribution in [3.05, 3.63) is 157 Å². The minimum Gasteiger partial charge on any atom is -0.253 e. The van der Waals surface area contributed by atoms with Crippen LogP contribution in [-0.4, -0.2) is 19.9 Å². The smallest absolute Gasteiger partial charge is 0.164 e. The third-order valence-electron chi connectivity index (χ3n) is 8.15. The van der Waals surface area contributed by atoms with E-state index in [1.54, 1.807) is 0 Å². The maximum atomic E-state index is 5.06. The van der Waals surface area contributed by atoms with E-state index in [-0.39, 0.29) is 0 Å². The lowest BCUT2D eigenvalue weighted by atomic mass is 9.91. The lowest BCUT2D eigenvalue weighted by molar-refractivity contribution is 1.07. The van der Waals surface area contributed by atoms with Gasteiger partial charge in [-0.05, 0) is 76.0 Å². The highest BCUT2D eigenvalue weighted by Crippen LogP contribution is 2.38. The van der Waals surface area contributed by atoms with Gasteiger partial charge >= 0.3 is 0 Å². The van der Waals surface area contributed by atoms with Gasteiger partial charge in [-0.1, -0.05) is 115 Å². The fraction of sp³-hybridized carbons (Fsp3) is 0.0244. The first-order valence-electron chi connectivity index (χ1n) is 15.1. The van der Waals surface area contributed by atoms with Gasteiger partial charge in [0.2, 0.25) is 0 Å². The van der Waals surface area contributed by atoms with Gasteiger partial charge in [-0.15, -0.1) is 0 Å². The van der Waals surface area contributed by atoms with Gasteiger partial charge < -0.3 is 0 Å². The van der Waals surface area contributed by atoms with Crippen LogP contribution in [-0.2, 0) is 0 Å². The molecule has 0 atom stereocenters. The predicted molar refractivity (Wildman–Crippen MR) is 185 cm³/mol. The molecule has 0 aliphatic carbocycles. The molecule has 0 aliphatic heterocycles. The maximum Gasteiger partial charge on any atom is 0.164 e. The SMILES string of the molecule is Cc1cccc(-c2cc(-c3nc(-c4ccccc4)nc(-c4ccccc4)n3)cc(-c3cc4ccccc4c4ccccc34)c2)n1. The summed E-state index contributed by atoms with van der Waals surface area (Å²) in [4.78, 5) is 19.9. The van der Waals surface area contributed by atoms with Gasteiger partial charge in [-0.3, -0.25) is 4.98 Å². The summed E-state index contributed by atoms with van der Waals surface area (Å²) in [7, 11) is 0. The number of hydrogen-bond acceptors (Lipinski definition) is 4. The van der Waals surface area contributed by atoms with Crippen LogP contribution in [0.1, 0.15) is 5.69 Å². The van der Waals surface area contributed by atoms with Crippen molar-refractivity contribution < 1.29 is 0 Å². The second-order valence-corrected chi connectivity index (χ2v) is 11.2. The van der Waals surface area contributed by atoms with Crippen LogP contribution < -0.4 is 0 Å². The minimum absolute atomic E-state index is 0.614. The first kappa shape index (κ1) is 26.6. The molecule has 45 heavy (non-hydrogen) atoms. The normalized spacial score (nSPS) is 11.2. The molecule has 2 heterocycles. The number of aromatic nitrogens is 4. The molecule has 0 fully saturated rings. The topological polar surface area (TPSA) is 51.6 Å². The summed E-state index contributed by atoms with van der Waals surface area (Å²) >= 11 is 0. The van der Waals surface area contributed by atoms with Crippen molar-refractivity contribution >= 4 is 21.5 Å². The molecule has 4 heteroatoms. The van der Waals surface area contributed by atoms with Crippen molar-refractivity contribution in [2.24, 2.45) is 0 Å². The summed E-state index contributed by atoms with van der Waals surface area (Å²) in [5.41, 5.74) is 7.89. The quantitative estimate of drug-likeness (QED) is 0.191. The van der Waals surface area contributed by atoms with E-state index in [0.29, 0.717) is 17.5 Å². The van der Waals surface area contributed by atoms with Crippen LogP contribution in [0.2, 0.25) is 0 Å². The van der Waals surface area contributed by atoms with Crippen LogP contribution in [0.4, 0.5) is 0 Å². The largest absolute Gasteiger partial charge is 0.253 e.